The summed E-state index contributed by atoms with van der Waals surface area (Å²) in [6.45, 7) is 8.35. The monoisotopic (exact) mass is 278 g/mol. The Balaban J connectivity index is 2.13. The summed E-state index contributed by atoms with van der Waals surface area (Å²) in [5.74, 6) is 0.930. The van der Waals surface area contributed by atoms with Crippen molar-refractivity contribution >= 4 is 0 Å². The first-order chi connectivity index (χ1) is 9.80. The predicted octanol–water partition coefficient (Wildman–Crippen LogP) is 2.20. The van der Waals surface area contributed by atoms with Crippen molar-refractivity contribution in [3.8, 4) is 5.75 Å². The molecular weight excluding hydrogens is 252 g/mol. The Morgan fingerprint density at radius 2 is 2.05 bits per heavy atom. The largest absolute Gasteiger partial charge is 0.494 e. The van der Waals surface area contributed by atoms with Crippen molar-refractivity contribution < 1.29 is 9.47 Å². The lowest BCUT2D eigenvalue weighted by atomic mass is 9.98. The van der Waals surface area contributed by atoms with Crippen LogP contribution in [0.4, 0.5) is 0 Å². The van der Waals surface area contributed by atoms with Crippen LogP contribution in [0, 0.1) is 0 Å². The first-order valence-corrected chi connectivity index (χ1v) is 7.58. The van der Waals surface area contributed by atoms with Crippen molar-refractivity contribution in [1.82, 2.24) is 4.90 Å². The molecule has 1 aromatic carbocycles. The molecule has 2 atom stereocenters. The van der Waals surface area contributed by atoms with Crippen molar-refractivity contribution in [2.24, 2.45) is 5.73 Å². The van der Waals surface area contributed by atoms with Crippen LogP contribution >= 0.6 is 0 Å². The summed E-state index contributed by atoms with van der Waals surface area (Å²) in [6, 6.07) is 8.60. The summed E-state index contributed by atoms with van der Waals surface area (Å²) in [5, 5.41) is 0. The second kappa shape index (κ2) is 7.62. The van der Waals surface area contributed by atoms with Crippen molar-refractivity contribution in [2.75, 3.05) is 32.8 Å². The van der Waals surface area contributed by atoms with Crippen molar-refractivity contribution in [3.05, 3.63) is 29.8 Å². The van der Waals surface area contributed by atoms with E-state index in [-0.39, 0.29) is 12.1 Å². The highest BCUT2D eigenvalue weighted by Crippen LogP contribution is 2.30. The molecule has 0 saturated carbocycles. The van der Waals surface area contributed by atoms with E-state index in [0.29, 0.717) is 6.54 Å². The summed E-state index contributed by atoms with van der Waals surface area (Å²) in [7, 11) is 0. The molecule has 1 aliphatic rings. The van der Waals surface area contributed by atoms with Gasteiger partial charge in [0.2, 0.25) is 0 Å². The maximum atomic E-state index is 5.87. The van der Waals surface area contributed by atoms with Gasteiger partial charge in [0.05, 0.1) is 25.4 Å². The molecule has 4 nitrogen and oxygen atoms in total. The van der Waals surface area contributed by atoms with E-state index >= 15 is 0 Å². The summed E-state index contributed by atoms with van der Waals surface area (Å²) in [5.41, 5.74) is 7.12. The second-order valence-electron chi connectivity index (χ2n) is 5.14. The number of nitrogens with zero attached hydrogens (tertiary/aromatic N) is 1. The minimum absolute atomic E-state index is 0.0751. The highest BCUT2D eigenvalue weighted by atomic mass is 16.5. The van der Waals surface area contributed by atoms with Crippen LogP contribution < -0.4 is 10.5 Å². The molecule has 1 fully saturated rings. The number of morpholine rings is 1. The van der Waals surface area contributed by atoms with Gasteiger partial charge in [0.1, 0.15) is 5.75 Å². The Kier molecular flexibility index (Phi) is 5.83. The van der Waals surface area contributed by atoms with Crippen LogP contribution in [0.2, 0.25) is 0 Å². The molecule has 4 heteroatoms. The van der Waals surface area contributed by atoms with Gasteiger partial charge in [0.25, 0.3) is 0 Å². The van der Waals surface area contributed by atoms with Gasteiger partial charge in [0.15, 0.2) is 0 Å². The molecule has 2 N–H and O–H groups in total. The van der Waals surface area contributed by atoms with E-state index in [2.05, 4.69) is 30.9 Å². The first-order valence-electron chi connectivity index (χ1n) is 7.58. The third-order valence-corrected chi connectivity index (χ3v) is 3.79. The van der Waals surface area contributed by atoms with Crippen LogP contribution in [0.3, 0.4) is 0 Å². The number of hydrogen-bond acceptors (Lipinski definition) is 4. The van der Waals surface area contributed by atoms with E-state index in [9.17, 15) is 0 Å². The summed E-state index contributed by atoms with van der Waals surface area (Å²) in [6.07, 6.45) is 1.10. The minimum Gasteiger partial charge on any atom is -0.494 e. The molecule has 0 radical (unpaired) electrons. The molecule has 2 unspecified atom stereocenters. The second-order valence-corrected chi connectivity index (χ2v) is 5.14. The van der Waals surface area contributed by atoms with Gasteiger partial charge >= 0.3 is 0 Å². The van der Waals surface area contributed by atoms with E-state index in [1.54, 1.807) is 0 Å². The van der Waals surface area contributed by atoms with Gasteiger partial charge in [-0.1, -0.05) is 26.0 Å². The van der Waals surface area contributed by atoms with Gasteiger partial charge in [-0.3, -0.25) is 4.90 Å². The quantitative estimate of drug-likeness (QED) is 0.866. The Labute approximate surface area is 121 Å². The zero-order valence-corrected chi connectivity index (χ0v) is 12.5. The lowest BCUT2D eigenvalue weighted by Gasteiger charge is -2.40. The maximum absolute atomic E-state index is 5.87. The van der Waals surface area contributed by atoms with Gasteiger partial charge in [-0.15, -0.1) is 0 Å². The maximum Gasteiger partial charge on any atom is 0.119 e. The van der Waals surface area contributed by atoms with Crippen LogP contribution in [-0.2, 0) is 4.74 Å². The van der Waals surface area contributed by atoms with Crippen LogP contribution in [0.5, 0.6) is 5.75 Å². The molecule has 0 aromatic heterocycles. The van der Waals surface area contributed by atoms with Crippen LogP contribution in [0.1, 0.15) is 31.9 Å². The molecule has 1 aromatic rings. The number of ether oxygens (including phenoxy) is 2. The molecule has 20 heavy (non-hydrogen) atoms. The highest BCUT2D eigenvalue weighted by Gasteiger charge is 2.31. The van der Waals surface area contributed by atoms with Crippen molar-refractivity contribution in [2.45, 2.75) is 32.4 Å². The van der Waals surface area contributed by atoms with Gasteiger partial charge in [-0.25, -0.2) is 0 Å². The summed E-state index contributed by atoms with van der Waals surface area (Å²) in [4.78, 5) is 2.43. The van der Waals surface area contributed by atoms with Gasteiger partial charge in [0, 0.05) is 13.1 Å². The first kappa shape index (κ1) is 15.3. The van der Waals surface area contributed by atoms with Crippen LogP contribution in [0.15, 0.2) is 24.3 Å². The molecule has 2 rings (SSSR count). The normalized spacial score (nSPS) is 23.8. The fourth-order valence-electron chi connectivity index (χ4n) is 2.75. The molecule has 1 aliphatic heterocycles. The lowest BCUT2D eigenvalue weighted by Crippen LogP contribution is -2.48. The number of likely N-dealkylation sites (N-methyl/N-ethyl adjacent to an activating group) is 1. The SMILES string of the molecule is CCCOc1ccc(C2C(CN)OCCN2CC)cc1. The van der Waals surface area contributed by atoms with Crippen molar-refractivity contribution in [1.29, 1.82) is 0 Å². The molecule has 1 heterocycles. The Hall–Kier alpha value is -1.10. The van der Waals surface area contributed by atoms with Crippen molar-refractivity contribution in [3.63, 3.8) is 0 Å². The molecular formula is C16H26N2O2. The third kappa shape index (κ3) is 3.51. The molecule has 0 spiro atoms. The topological polar surface area (TPSA) is 47.7 Å². The molecule has 112 valence electrons. The van der Waals surface area contributed by atoms with E-state index < -0.39 is 0 Å². The average molecular weight is 278 g/mol. The van der Waals surface area contributed by atoms with Gasteiger partial charge in [-0.05, 0) is 30.7 Å². The molecule has 0 amide bonds. The number of nitrogens with two attached hydrogens (primary N) is 1. The zero-order valence-electron chi connectivity index (χ0n) is 12.5. The Bertz CT molecular complexity index is 382. The lowest BCUT2D eigenvalue weighted by molar-refractivity contribution is -0.0658. The average Bonchev–Trinajstić information content (AvgIpc) is 2.52. The number of rotatable bonds is 6. The highest BCUT2D eigenvalue weighted by molar-refractivity contribution is 5.30. The van der Waals surface area contributed by atoms with Gasteiger partial charge in [-0.2, -0.15) is 0 Å². The number of hydrogen-bond donors (Lipinski definition) is 1. The number of benzene rings is 1. The summed E-state index contributed by atoms with van der Waals surface area (Å²) < 4.78 is 11.5. The fraction of sp³-hybridized carbons (Fsp3) is 0.625. The summed E-state index contributed by atoms with van der Waals surface area (Å²) >= 11 is 0. The molecule has 0 aliphatic carbocycles. The molecule has 1 saturated heterocycles. The van der Waals surface area contributed by atoms with E-state index in [4.69, 9.17) is 15.2 Å². The van der Waals surface area contributed by atoms with E-state index in [1.165, 1.54) is 5.56 Å². The predicted molar refractivity (Wildman–Crippen MR) is 81.0 cm³/mol. The standard InChI is InChI=1S/C16H26N2O2/c1-3-10-19-14-7-5-13(6-8-14)16-15(12-17)20-11-9-18(16)4-2/h5-8,15-16H,3-4,9-12,17H2,1-2H3. The molecule has 0 bridgehead atoms. The van der Waals surface area contributed by atoms with Crippen LogP contribution in [0.25, 0.3) is 0 Å². The van der Waals surface area contributed by atoms with Gasteiger partial charge < -0.3 is 15.2 Å². The Morgan fingerprint density at radius 3 is 2.65 bits per heavy atom. The minimum atomic E-state index is 0.0751. The smallest absolute Gasteiger partial charge is 0.119 e. The zero-order chi connectivity index (χ0) is 14.4. The van der Waals surface area contributed by atoms with Crippen LogP contribution in [-0.4, -0.2) is 43.9 Å². The van der Waals surface area contributed by atoms with E-state index in [1.807, 2.05) is 12.1 Å². The third-order valence-electron chi connectivity index (χ3n) is 3.79. The fourth-order valence-corrected chi connectivity index (χ4v) is 2.75. The van der Waals surface area contributed by atoms with E-state index in [0.717, 1.165) is 38.5 Å². The Morgan fingerprint density at radius 1 is 1.30 bits per heavy atom.